The molecule has 1 aromatic heterocycles. The number of nitrogens with zero attached hydrogens (tertiary/aromatic N) is 4. The Labute approximate surface area is 226 Å². The number of amides is 1. The van der Waals surface area contributed by atoms with Gasteiger partial charge in [-0.05, 0) is 82.9 Å². The predicted octanol–water partition coefficient (Wildman–Crippen LogP) is 3.72. The first kappa shape index (κ1) is 25.4. The molecular formula is C29H33N5O5. The Bertz CT molecular complexity index is 1520. The van der Waals surface area contributed by atoms with Crippen molar-refractivity contribution in [2.45, 2.75) is 70.7 Å². The van der Waals surface area contributed by atoms with Crippen LogP contribution in [0.2, 0.25) is 0 Å². The van der Waals surface area contributed by atoms with Gasteiger partial charge in [0, 0.05) is 29.9 Å². The first-order chi connectivity index (χ1) is 18.6. The lowest BCUT2D eigenvalue weighted by molar-refractivity contribution is -0.152. The number of benzene rings is 2. The molecule has 1 N–H and O–H groups in total. The Balaban J connectivity index is 1.24. The summed E-state index contributed by atoms with van der Waals surface area (Å²) in [5, 5.41) is 5.22. The van der Waals surface area contributed by atoms with Crippen LogP contribution in [0.4, 0.5) is 10.5 Å². The molecule has 10 nitrogen and oxygen atoms in total. The van der Waals surface area contributed by atoms with Crippen LogP contribution in [0.3, 0.4) is 0 Å². The minimum atomic E-state index is -0.691. The van der Waals surface area contributed by atoms with E-state index in [4.69, 9.17) is 9.57 Å². The van der Waals surface area contributed by atoms with Crippen LogP contribution < -0.4 is 15.8 Å². The van der Waals surface area contributed by atoms with E-state index in [0.717, 1.165) is 30.5 Å². The molecule has 3 aromatic rings. The van der Waals surface area contributed by atoms with Gasteiger partial charge in [0.1, 0.15) is 11.9 Å². The first-order valence-electron chi connectivity index (χ1n) is 13.4. The van der Waals surface area contributed by atoms with Gasteiger partial charge in [0.2, 0.25) is 0 Å². The van der Waals surface area contributed by atoms with Crippen molar-refractivity contribution in [2.24, 2.45) is 0 Å². The van der Waals surface area contributed by atoms with Crippen LogP contribution in [0, 0.1) is 6.92 Å². The molecule has 2 atom stereocenters. The van der Waals surface area contributed by atoms with Crippen molar-refractivity contribution >= 4 is 28.7 Å². The standard InChI is InChI=1S/C29H33N5O5/c1-17-5-6-18(26(35)31-19-7-8-19)11-25(17)33-16-30-24-10-9-20(13-23(24)27(33)36)32-14-22-12-21(32)15-34(22)39-28(37)38-29(2,3)4/h5-6,9-11,13,16,19,21-22H,7-8,12,14-15H2,1-4H3,(H,31,35). The fraction of sp³-hybridized carbons (Fsp3) is 0.448. The number of nitrogens with one attached hydrogen (secondary N) is 1. The Morgan fingerprint density at radius 2 is 1.85 bits per heavy atom. The maximum absolute atomic E-state index is 13.7. The summed E-state index contributed by atoms with van der Waals surface area (Å²) in [6.45, 7) is 8.56. The number of ether oxygens (including phenoxy) is 1. The molecule has 1 amide bonds. The zero-order valence-corrected chi connectivity index (χ0v) is 22.6. The highest BCUT2D eigenvalue weighted by molar-refractivity contribution is 5.95. The summed E-state index contributed by atoms with van der Waals surface area (Å²) in [7, 11) is 0. The third-order valence-corrected chi connectivity index (χ3v) is 7.49. The molecule has 0 radical (unpaired) electrons. The van der Waals surface area contributed by atoms with E-state index >= 15 is 0 Å². The van der Waals surface area contributed by atoms with E-state index in [0.29, 0.717) is 35.2 Å². The molecule has 2 unspecified atom stereocenters. The number of hydroxylamine groups is 2. The van der Waals surface area contributed by atoms with E-state index in [-0.39, 0.29) is 29.6 Å². The number of aromatic nitrogens is 2. The van der Waals surface area contributed by atoms with Crippen molar-refractivity contribution in [1.82, 2.24) is 19.9 Å². The van der Waals surface area contributed by atoms with Crippen molar-refractivity contribution in [3.63, 3.8) is 0 Å². The molecule has 3 heterocycles. The van der Waals surface area contributed by atoms with E-state index in [1.165, 1.54) is 10.9 Å². The second-order valence-corrected chi connectivity index (χ2v) is 11.7. The molecule has 2 bridgehead atoms. The van der Waals surface area contributed by atoms with Gasteiger partial charge in [-0.1, -0.05) is 6.07 Å². The van der Waals surface area contributed by atoms with Crippen molar-refractivity contribution in [1.29, 1.82) is 0 Å². The van der Waals surface area contributed by atoms with Crippen molar-refractivity contribution in [3.05, 3.63) is 64.2 Å². The molecule has 2 aromatic carbocycles. The Hall–Kier alpha value is -3.92. The third kappa shape index (κ3) is 5.08. The largest absolute Gasteiger partial charge is 0.528 e. The highest BCUT2D eigenvalue weighted by atomic mass is 16.8. The number of piperazine rings is 1. The zero-order valence-electron chi connectivity index (χ0n) is 22.6. The highest BCUT2D eigenvalue weighted by Crippen LogP contribution is 2.35. The SMILES string of the molecule is Cc1ccc(C(=O)NC2CC2)cc1-n1cnc2ccc(N3CC4CC3CN4OC(=O)OC(C)(C)C)cc2c1=O. The molecule has 3 aliphatic rings. The molecule has 1 saturated carbocycles. The molecule has 2 aliphatic heterocycles. The van der Waals surface area contributed by atoms with E-state index in [2.05, 4.69) is 15.2 Å². The number of hydrogen-bond acceptors (Lipinski definition) is 8. The summed E-state index contributed by atoms with van der Waals surface area (Å²) in [6.07, 6.45) is 3.71. The number of hydrogen-bond donors (Lipinski definition) is 1. The monoisotopic (exact) mass is 531 g/mol. The van der Waals surface area contributed by atoms with Gasteiger partial charge in [-0.15, -0.1) is 5.06 Å². The summed E-state index contributed by atoms with van der Waals surface area (Å²) >= 11 is 0. The summed E-state index contributed by atoms with van der Waals surface area (Å²) in [4.78, 5) is 50.7. The molecule has 0 spiro atoms. The highest BCUT2D eigenvalue weighted by Gasteiger charge is 2.46. The van der Waals surface area contributed by atoms with Crippen LogP contribution in [0.15, 0.2) is 47.5 Å². The lowest BCUT2D eigenvalue weighted by Gasteiger charge is -2.34. The number of carbonyl (C=O) groups is 2. The fourth-order valence-electron chi connectivity index (χ4n) is 5.39. The lowest BCUT2D eigenvalue weighted by Crippen LogP contribution is -2.47. The molecule has 39 heavy (non-hydrogen) atoms. The zero-order chi connectivity index (χ0) is 27.5. The van der Waals surface area contributed by atoms with Crippen molar-refractivity contribution in [2.75, 3.05) is 18.0 Å². The Kier molecular flexibility index (Phi) is 6.10. The van der Waals surface area contributed by atoms with Crippen LogP contribution in [0.25, 0.3) is 16.6 Å². The average molecular weight is 532 g/mol. The van der Waals surface area contributed by atoms with Gasteiger partial charge in [0.05, 0.1) is 29.2 Å². The number of fused-ring (bicyclic) bond motifs is 3. The molecule has 6 rings (SSSR count). The van der Waals surface area contributed by atoms with E-state index in [1.807, 2.05) is 31.2 Å². The Morgan fingerprint density at radius 3 is 2.54 bits per heavy atom. The number of rotatable bonds is 5. The van der Waals surface area contributed by atoms with Crippen molar-refractivity contribution in [3.8, 4) is 5.69 Å². The van der Waals surface area contributed by atoms with Gasteiger partial charge in [0.15, 0.2) is 0 Å². The summed E-state index contributed by atoms with van der Waals surface area (Å²) in [6, 6.07) is 11.6. The lowest BCUT2D eigenvalue weighted by atomic mass is 10.1. The van der Waals surface area contributed by atoms with Gasteiger partial charge < -0.3 is 19.8 Å². The molecule has 10 heteroatoms. The molecule has 204 valence electrons. The van der Waals surface area contributed by atoms with Crippen LogP contribution in [0.1, 0.15) is 56.0 Å². The topological polar surface area (TPSA) is 106 Å². The number of anilines is 1. The molecule has 2 saturated heterocycles. The van der Waals surface area contributed by atoms with Crippen molar-refractivity contribution < 1.29 is 19.2 Å². The van der Waals surface area contributed by atoms with Gasteiger partial charge >= 0.3 is 6.16 Å². The van der Waals surface area contributed by atoms with Crippen LogP contribution in [-0.4, -0.2) is 63.5 Å². The maximum atomic E-state index is 13.7. The molecule has 3 fully saturated rings. The summed E-state index contributed by atoms with van der Waals surface area (Å²) < 4.78 is 6.81. The predicted molar refractivity (Wildman–Crippen MR) is 146 cm³/mol. The minimum absolute atomic E-state index is 0.0518. The second-order valence-electron chi connectivity index (χ2n) is 11.7. The van der Waals surface area contributed by atoms with Gasteiger partial charge in [-0.3, -0.25) is 14.2 Å². The average Bonchev–Trinajstić information content (AvgIpc) is 3.47. The normalized spacial score (nSPS) is 20.9. The molecule has 1 aliphatic carbocycles. The van der Waals surface area contributed by atoms with E-state index in [9.17, 15) is 14.4 Å². The summed E-state index contributed by atoms with van der Waals surface area (Å²) in [5.74, 6) is -0.128. The van der Waals surface area contributed by atoms with Crippen LogP contribution in [0.5, 0.6) is 0 Å². The number of aryl methyl sites for hydroxylation is 1. The van der Waals surface area contributed by atoms with Crippen LogP contribution >= 0.6 is 0 Å². The maximum Gasteiger partial charge on any atom is 0.528 e. The minimum Gasteiger partial charge on any atom is -0.427 e. The van der Waals surface area contributed by atoms with Gasteiger partial charge in [-0.25, -0.2) is 9.78 Å². The fourth-order valence-corrected chi connectivity index (χ4v) is 5.39. The van der Waals surface area contributed by atoms with E-state index in [1.54, 1.807) is 38.0 Å². The summed E-state index contributed by atoms with van der Waals surface area (Å²) in [5.41, 5.74) is 2.77. The first-order valence-corrected chi connectivity index (χ1v) is 13.4. The smallest absolute Gasteiger partial charge is 0.427 e. The third-order valence-electron chi connectivity index (χ3n) is 7.49. The van der Waals surface area contributed by atoms with Crippen LogP contribution in [-0.2, 0) is 9.57 Å². The Morgan fingerprint density at radius 1 is 1.05 bits per heavy atom. The number of carbonyl (C=O) groups excluding carboxylic acids is 2. The van der Waals surface area contributed by atoms with Gasteiger partial charge in [-0.2, -0.15) is 0 Å². The quantitative estimate of drug-likeness (QED) is 0.497. The van der Waals surface area contributed by atoms with E-state index < -0.39 is 11.8 Å². The molecular weight excluding hydrogens is 498 g/mol. The van der Waals surface area contributed by atoms with Gasteiger partial charge in [0.25, 0.3) is 11.5 Å². The second kappa shape index (κ2) is 9.37.